The number of nitrogens with one attached hydrogen (secondary N) is 1. The number of carbonyl (C=O) groups is 1. The Morgan fingerprint density at radius 3 is 2.48 bits per heavy atom. The minimum absolute atomic E-state index is 0.230. The molecule has 6 heteroatoms. The first kappa shape index (κ1) is 18.7. The highest BCUT2D eigenvalue weighted by atomic mass is 16.5. The molecule has 4 rings (SSSR count). The first-order valence-electron chi connectivity index (χ1n) is 9.44. The molecule has 2 aromatic heterocycles. The molecule has 0 bridgehead atoms. The van der Waals surface area contributed by atoms with E-state index in [4.69, 9.17) is 4.52 Å². The summed E-state index contributed by atoms with van der Waals surface area (Å²) < 4.78 is 7.23. The average molecular weight is 386 g/mol. The van der Waals surface area contributed by atoms with Crippen LogP contribution in [-0.2, 0) is 6.54 Å². The molecule has 1 amide bonds. The Bertz CT molecular complexity index is 1140. The molecule has 0 atom stereocenters. The second kappa shape index (κ2) is 7.75. The zero-order valence-corrected chi connectivity index (χ0v) is 16.6. The Morgan fingerprint density at radius 2 is 1.76 bits per heavy atom. The summed E-state index contributed by atoms with van der Waals surface area (Å²) >= 11 is 0. The fourth-order valence-corrected chi connectivity index (χ4v) is 3.20. The van der Waals surface area contributed by atoms with Gasteiger partial charge in [-0.3, -0.25) is 9.48 Å². The van der Waals surface area contributed by atoms with Gasteiger partial charge in [-0.15, -0.1) is 0 Å². The van der Waals surface area contributed by atoms with Crippen molar-refractivity contribution in [3.8, 4) is 11.3 Å². The number of anilines is 1. The van der Waals surface area contributed by atoms with Crippen molar-refractivity contribution in [1.82, 2.24) is 14.9 Å². The Balaban J connectivity index is 1.52. The highest BCUT2D eigenvalue weighted by Crippen LogP contribution is 2.23. The lowest BCUT2D eigenvalue weighted by Crippen LogP contribution is -2.13. The number of amides is 1. The van der Waals surface area contributed by atoms with Crippen LogP contribution in [0.15, 0.2) is 65.2 Å². The number of aromatic nitrogens is 3. The van der Waals surface area contributed by atoms with Gasteiger partial charge in [0.15, 0.2) is 11.5 Å². The van der Waals surface area contributed by atoms with E-state index in [2.05, 4.69) is 46.8 Å². The van der Waals surface area contributed by atoms with E-state index in [-0.39, 0.29) is 11.6 Å². The van der Waals surface area contributed by atoms with Crippen LogP contribution in [0.5, 0.6) is 0 Å². The molecular formula is C23H22N4O2. The molecule has 0 spiro atoms. The summed E-state index contributed by atoms with van der Waals surface area (Å²) in [5.74, 6) is 0.233. The molecule has 0 aliphatic heterocycles. The summed E-state index contributed by atoms with van der Waals surface area (Å²) in [5.41, 5.74) is 5.83. The van der Waals surface area contributed by atoms with Crippen molar-refractivity contribution in [3.05, 3.63) is 88.9 Å². The maximum Gasteiger partial charge on any atom is 0.277 e. The summed E-state index contributed by atoms with van der Waals surface area (Å²) in [6, 6.07) is 19.5. The molecule has 2 aromatic carbocycles. The van der Waals surface area contributed by atoms with Crippen LogP contribution in [0.3, 0.4) is 0 Å². The van der Waals surface area contributed by atoms with E-state index in [0.717, 1.165) is 22.5 Å². The molecule has 6 nitrogen and oxygen atoms in total. The minimum Gasteiger partial charge on any atom is -0.355 e. The molecule has 0 saturated heterocycles. The second-order valence-corrected chi connectivity index (χ2v) is 7.09. The monoisotopic (exact) mass is 386 g/mol. The number of carbonyl (C=O) groups excluding carboxylic acids is 1. The third-order valence-corrected chi connectivity index (χ3v) is 4.87. The number of rotatable bonds is 5. The maximum absolute atomic E-state index is 12.7. The van der Waals surface area contributed by atoms with Gasteiger partial charge < -0.3 is 9.84 Å². The first-order valence-corrected chi connectivity index (χ1v) is 9.44. The topological polar surface area (TPSA) is 73.0 Å². The number of aryl methyl sites for hydroxylation is 2. The first-order chi connectivity index (χ1) is 14.0. The van der Waals surface area contributed by atoms with Gasteiger partial charge in [-0.2, -0.15) is 5.10 Å². The second-order valence-electron chi connectivity index (χ2n) is 7.09. The molecule has 0 radical (unpaired) electrons. The van der Waals surface area contributed by atoms with Crippen LogP contribution in [0.25, 0.3) is 11.3 Å². The standard InChI is InChI=1S/C23H22N4O2/c1-15-9-11-18(12-10-15)14-27-17(3)22(16(2)25-27)24-23(28)20-13-21(29-26-20)19-7-5-4-6-8-19/h4-13H,14H2,1-3H3,(H,24,28). The van der Waals surface area contributed by atoms with Crippen molar-refractivity contribution in [2.45, 2.75) is 27.3 Å². The summed E-state index contributed by atoms with van der Waals surface area (Å²) in [7, 11) is 0. The molecule has 0 aliphatic carbocycles. The fraction of sp³-hybridized carbons (Fsp3) is 0.174. The van der Waals surface area contributed by atoms with Crippen molar-refractivity contribution < 1.29 is 9.32 Å². The smallest absolute Gasteiger partial charge is 0.277 e. The van der Waals surface area contributed by atoms with Crippen LogP contribution in [0.2, 0.25) is 0 Å². The van der Waals surface area contributed by atoms with Crippen molar-refractivity contribution in [2.24, 2.45) is 0 Å². The molecule has 0 unspecified atom stereocenters. The lowest BCUT2D eigenvalue weighted by atomic mass is 10.1. The summed E-state index contributed by atoms with van der Waals surface area (Å²) in [6.45, 7) is 6.53. The third kappa shape index (κ3) is 3.96. The van der Waals surface area contributed by atoms with Crippen LogP contribution in [0.4, 0.5) is 5.69 Å². The number of benzene rings is 2. The quantitative estimate of drug-likeness (QED) is 0.536. The van der Waals surface area contributed by atoms with Crippen molar-refractivity contribution >= 4 is 11.6 Å². The maximum atomic E-state index is 12.7. The average Bonchev–Trinajstić information content (AvgIpc) is 3.32. The van der Waals surface area contributed by atoms with Gasteiger partial charge in [-0.05, 0) is 26.3 Å². The van der Waals surface area contributed by atoms with Gasteiger partial charge in [0.05, 0.1) is 23.6 Å². The predicted octanol–water partition coefficient (Wildman–Crippen LogP) is 4.76. The SMILES string of the molecule is Cc1ccc(Cn2nc(C)c(NC(=O)c3cc(-c4ccccc4)on3)c2C)cc1. The molecule has 146 valence electrons. The van der Waals surface area contributed by atoms with Gasteiger partial charge in [0.25, 0.3) is 5.91 Å². The van der Waals surface area contributed by atoms with Gasteiger partial charge in [0.1, 0.15) is 0 Å². The zero-order chi connectivity index (χ0) is 20.4. The van der Waals surface area contributed by atoms with E-state index >= 15 is 0 Å². The van der Waals surface area contributed by atoms with Crippen LogP contribution in [0, 0.1) is 20.8 Å². The van der Waals surface area contributed by atoms with Crippen LogP contribution in [0.1, 0.15) is 33.0 Å². The van der Waals surface area contributed by atoms with Crippen LogP contribution in [-0.4, -0.2) is 20.8 Å². The molecule has 0 aliphatic rings. The van der Waals surface area contributed by atoms with Crippen molar-refractivity contribution in [2.75, 3.05) is 5.32 Å². The molecule has 4 aromatic rings. The highest BCUT2D eigenvalue weighted by Gasteiger charge is 2.18. The number of hydrogen-bond donors (Lipinski definition) is 1. The van der Waals surface area contributed by atoms with E-state index in [9.17, 15) is 4.79 Å². The molecule has 29 heavy (non-hydrogen) atoms. The number of nitrogens with zero attached hydrogens (tertiary/aromatic N) is 3. The van der Waals surface area contributed by atoms with Crippen LogP contribution < -0.4 is 5.32 Å². The highest BCUT2D eigenvalue weighted by molar-refractivity contribution is 6.03. The van der Waals surface area contributed by atoms with E-state index in [0.29, 0.717) is 18.0 Å². The molecule has 0 fully saturated rings. The molecule has 2 heterocycles. The van der Waals surface area contributed by atoms with Gasteiger partial charge >= 0.3 is 0 Å². The predicted molar refractivity (Wildman–Crippen MR) is 112 cm³/mol. The van der Waals surface area contributed by atoms with E-state index in [1.165, 1.54) is 5.56 Å². The Labute approximate surface area is 169 Å². The number of hydrogen-bond acceptors (Lipinski definition) is 4. The van der Waals surface area contributed by atoms with E-state index < -0.39 is 0 Å². The Kier molecular flexibility index (Phi) is 4.99. The van der Waals surface area contributed by atoms with Gasteiger partial charge in [0, 0.05) is 11.6 Å². The summed E-state index contributed by atoms with van der Waals surface area (Å²) in [6.07, 6.45) is 0. The van der Waals surface area contributed by atoms with Gasteiger partial charge in [-0.1, -0.05) is 65.3 Å². The molecule has 0 saturated carbocycles. The third-order valence-electron chi connectivity index (χ3n) is 4.87. The normalized spacial score (nSPS) is 10.9. The Hall–Kier alpha value is -3.67. The van der Waals surface area contributed by atoms with Crippen LogP contribution >= 0.6 is 0 Å². The Morgan fingerprint density at radius 1 is 1.03 bits per heavy atom. The lowest BCUT2D eigenvalue weighted by molar-refractivity contribution is 0.101. The largest absolute Gasteiger partial charge is 0.355 e. The lowest BCUT2D eigenvalue weighted by Gasteiger charge is -2.07. The van der Waals surface area contributed by atoms with Gasteiger partial charge in [0.2, 0.25) is 0 Å². The van der Waals surface area contributed by atoms with Gasteiger partial charge in [-0.25, -0.2) is 0 Å². The van der Waals surface area contributed by atoms with Crippen molar-refractivity contribution in [3.63, 3.8) is 0 Å². The van der Waals surface area contributed by atoms with Crippen molar-refractivity contribution in [1.29, 1.82) is 0 Å². The molecular weight excluding hydrogens is 364 g/mol. The van der Waals surface area contributed by atoms with E-state index in [1.54, 1.807) is 6.07 Å². The summed E-state index contributed by atoms with van der Waals surface area (Å²) in [4.78, 5) is 12.7. The summed E-state index contributed by atoms with van der Waals surface area (Å²) in [5, 5.41) is 11.4. The fourth-order valence-electron chi connectivity index (χ4n) is 3.20. The molecule has 1 N–H and O–H groups in total. The zero-order valence-electron chi connectivity index (χ0n) is 16.6. The van der Waals surface area contributed by atoms with E-state index in [1.807, 2.05) is 48.9 Å². The minimum atomic E-state index is -0.322.